The van der Waals surface area contributed by atoms with E-state index < -0.39 is 0 Å². The van der Waals surface area contributed by atoms with Gasteiger partial charge < -0.3 is 16.4 Å². The smallest absolute Gasteiger partial charge is 0.243 e. The maximum Gasteiger partial charge on any atom is 0.243 e. The van der Waals surface area contributed by atoms with Crippen LogP contribution in [0.1, 0.15) is 52.4 Å². The Morgan fingerprint density at radius 3 is 2.88 bits per heavy atom. The van der Waals surface area contributed by atoms with Crippen LogP contribution in [0.5, 0.6) is 0 Å². The second kappa shape index (κ2) is 5.93. The van der Waals surface area contributed by atoms with E-state index >= 15 is 0 Å². The molecule has 2 fully saturated rings. The van der Waals surface area contributed by atoms with E-state index in [-0.39, 0.29) is 16.7 Å². The van der Waals surface area contributed by atoms with Crippen molar-refractivity contribution in [3.05, 3.63) is 35.8 Å². The fourth-order valence-electron chi connectivity index (χ4n) is 6.49. The van der Waals surface area contributed by atoms with E-state index in [2.05, 4.69) is 30.6 Å². The summed E-state index contributed by atoms with van der Waals surface area (Å²) in [6.45, 7) is 5.68. The summed E-state index contributed by atoms with van der Waals surface area (Å²) in [5.41, 5.74) is 8.74. The first kappa shape index (κ1) is 16.7. The Bertz CT molecular complexity index is 664. The maximum atomic E-state index is 12.0. The molecule has 4 rings (SSSR count). The quantitative estimate of drug-likeness (QED) is 0.722. The van der Waals surface area contributed by atoms with Gasteiger partial charge in [0.1, 0.15) is 0 Å². The van der Waals surface area contributed by atoms with Crippen molar-refractivity contribution in [2.45, 2.75) is 52.4 Å². The monoisotopic (exact) mass is 341 g/mol. The van der Waals surface area contributed by atoms with Gasteiger partial charge in [0.05, 0.1) is 0 Å². The molecule has 4 N–H and O–H groups in total. The Labute approximate surface area is 151 Å². The minimum Gasteiger partial charge on any atom is -0.403 e. The van der Waals surface area contributed by atoms with Gasteiger partial charge in [-0.1, -0.05) is 25.5 Å². The lowest BCUT2D eigenvalue weighted by Crippen LogP contribution is -2.50. The molecular formula is C21H31N3O. The normalized spacial score (nSPS) is 43.3. The van der Waals surface area contributed by atoms with Crippen LogP contribution in [-0.2, 0) is 4.79 Å². The first-order valence-electron chi connectivity index (χ1n) is 9.82. The van der Waals surface area contributed by atoms with Gasteiger partial charge in [-0.05, 0) is 61.7 Å². The molecule has 136 valence electrons. The van der Waals surface area contributed by atoms with Gasteiger partial charge in [-0.25, -0.2) is 0 Å². The third-order valence-electron chi connectivity index (χ3n) is 7.90. The molecule has 0 aromatic heterocycles. The number of rotatable bonds is 2. The van der Waals surface area contributed by atoms with Crippen molar-refractivity contribution in [2.24, 2.45) is 34.3 Å². The number of hydrogen-bond acceptors (Lipinski definition) is 3. The molecule has 0 saturated heterocycles. The van der Waals surface area contributed by atoms with Gasteiger partial charge in [-0.15, -0.1) is 0 Å². The van der Waals surface area contributed by atoms with Gasteiger partial charge in [-0.2, -0.15) is 0 Å². The Morgan fingerprint density at radius 1 is 1.24 bits per heavy atom. The fraction of sp³-hybridized carbons (Fsp3) is 0.667. The van der Waals surface area contributed by atoms with Crippen molar-refractivity contribution in [1.29, 1.82) is 0 Å². The molecule has 0 spiro atoms. The van der Waals surface area contributed by atoms with Crippen LogP contribution >= 0.6 is 0 Å². The molecule has 1 aliphatic heterocycles. The van der Waals surface area contributed by atoms with Gasteiger partial charge >= 0.3 is 0 Å². The zero-order valence-electron chi connectivity index (χ0n) is 15.5. The SMILES string of the molecule is CC12CCNC(=O)C=C1CCC1C2CCC2(C)C(N/C=C\N)=CCC12. The molecule has 1 heterocycles. The number of amides is 1. The highest BCUT2D eigenvalue weighted by Crippen LogP contribution is 2.64. The molecule has 5 unspecified atom stereocenters. The summed E-state index contributed by atoms with van der Waals surface area (Å²) in [6, 6.07) is 0. The van der Waals surface area contributed by atoms with Crippen molar-refractivity contribution in [2.75, 3.05) is 6.54 Å². The fourth-order valence-corrected chi connectivity index (χ4v) is 6.49. The molecular weight excluding hydrogens is 310 g/mol. The van der Waals surface area contributed by atoms with E-state index in [1.807, 2.05) is 12.3 Å². The Kier molecular flexibility index (Phi) is 3.97. The van der Waals surface area contributed by atoms with Gasteiger partial charge in [0.15, 0.2) is 0 Å². The summed E-state index contributed by atoms with van der Waals surface area (Å²) in [5.74, 6) is 2.29. The molecule has 5 atom stereocenters. The average molecular weight is 341 g/mol. The summed E-state index contributed by atoms with van der Waals surface area (Å²) in [7, 11) is 0. The number of nitrogens with two attached hydrogens (primary N) is 1. The predicted octanol–water partition coefficient (Wildman–Crippen LogP) is 3.19. The number of carbonyl (C=O) groups excluding carboxylic acids is 1. The highest BCUT2D eigenvalue weighted by atomic mass is 16.1. The minimum absolute atomic E-state index is 0.111. The summed E-state index contributed by atoms with van der Waals surface area (Å²) in [4.78, 5) is 12.0. The number of nitrogens with one attached hydrogen (secondary N) is 2. The molecule has 25 heavy (non-hydrogen) atoms. The number of fused-ring (bicyclic) bond motifs is 5. The van der Waals surface area contributed by atoms with Gasteiger partial charge in [0, 0.05) is 36.1 Å². The van der Waals surface area contributed by atoms with Crippen LogP contribution in [0.3, 0.4) is 0 Å². The molecule has 2 saturated carbocycles. The zero-order chi connectivity index (χ0) is 17.7. The maximum absolute atomic E-state index is 12.0. The molecule has 4 nitrogen and oxygen atoms in total. The molecule has 3 aliphatic carbocycles. The van der Waals surface area contributed by atoms with E-state index in [0.717, 1.165) is 25.3 Å². The third-order valence-corrected chi connectivity index (χ3v) is 7.90. The summed E-state index contributed by atoms with van der Waals surface area (Å²) in [5, 5.41) is 6.49. The van der Waals surface area contributed by atoms with E-state index in [1.165, 1.54) is 37.0 Å². The Balaban J connectivity index is 1.62. The summed E-state index contributed by atoms with van der Waals surface area (Å²) in [6.07, 6.45) is 14.8. The van der Waals surface area contributed by atoms with E-state index in [0.29, 0.717) is 11.8 Å². The lowest BCUT2D eigenvalue weighted by molar-refractivity contribution is -0.116. The van der Waals surface area contributed by atoms with Crippen molar-refractivity contribution < 1.29 is 4.79 Å². The molecule has 0 radical (unpaired) electrons. The Hall–Kier alpha value is -1.71. The first-order chi connectivity index (χ1) is 12.0. The lowest BCUT2D eigenvalue weighted by Gasteiger charge is -2.56. The molecule has 1 amide bonds. The first-order valence-corrected chi connectivity index (χ1v) is 9.82. The van der Waals surface area contributed by atoms with Crippen LogP contribution in [0.25, 0.3) is 0 Å². The number of allylic oxidation sites excluding steroid dienone is 3. The highest BCUT2D eigenvalue weighted by Gasteiger charge is 2.56. The van der Waals surface area contributed by atoms with Gasteiger partial charge in [-0.3, -0.25) is 4.79 Å². The standard InChI is InChI=1S/C21H31N3O/c1-20-9-11-24-19(25)13-14(20)3-4-15-16-5-6-18(23-12-10-22)21(16,2)8-7-17(15)20/h6,10,12-13,15-17,23H,3-5,7-9,11,22H2,1-2H3,(H,24,25)/b12-10-. The molecule has 0 aromatic rings. The second-order valence-electron chi connectivity index (χ2n) is 8.86. The van der Waals surface area contributed by atoms with Gasteiger partial charge in [0.25, 0.3) is 0 Å². The van der Waals surface area contributed by atoms with Crippen LogP contribution in [0.4, 0.5) is 0 Å². The highest BCUT2D eigenvalue weighted by molar-refractivity contribution is 5.88. The van der Waals surface area contributed by atoms with Gasteiger partial charge in [0.2, 0.25) is 5.91 Å². The van der Waals surface area contributed by atoms with Crippen molar-refractivity contribution in [3.63, 3.8) is 0 Å². The second-order valence-corrected chi connectivity index (χ2v) is 8.86. The zero-order valence-corrected chi connectivity index (χ0v) is 15.5. The van der Waals surface area contributed by atoms with E-state index in [1.54, 1.807) is 6.20 Å². The van der Waals surface area contributed by atoms with Crippen molar-refractivity contribution >= 4 is 5.91 Å². The average Bonchev–Trinajstić information content (AvgIpc) is 2.83. The van der Waals surface area contributed by atoms with E-state index in [9.17, 15) is 4.79 Å². The predicted molar refractivity (Wildman–Crippen MR) is 100 cm³/mol. The number of hydrogen-bond donors (Lipinski definition) is 3. The van der Waals surface area contributed by atoms with Crippen LogP contribution < -0.4 is 16.4 Å². The van der Waals surface area contributed by atoms with Crippen molar-refractivity contribution in [1.82, 2.24) is 10.6 Å². The van der Waals surface area contributed by atoms with Crippen LogP contribution in [-0.4, -0.2) is 12.5 Å². The minimum atomic E-state index is 0.111. The Morgan fingerprint density at radius 2 is 2.08 bits per heavy atom. The van der Waals surface area contributed by atoms with Crippen molar-refractivity contribution in [3.8, 4) is 0 Å². The largest absolute Gasteiger partial charge is 0.403 e. The number of carbonyl (C=O) groups is 1. The summed E-state index contributed by atoms with van der Waals surface area (Å²) < 4.78 is 0. The molecule has 4 aliphatic rings. The summed E-state index contributed by atoms with van der Waals surface area (Å²) >= 11 is 0. The third kappa shape index (κ3) is 2.44. The molecule has 0 bridgehead atoms. The van der Waals surface area contributed by atoms with Crippen LogP contribution in [0, 0.1) is 28.6 Å². The molecule has 4 heteroatoms. The lowest BCUT2D eigenvalue weighted by atomic mass is 9.48. The van der Waals surface area contributed by atoms with E-state index in [4.69, 9.17) is 5.73 Å². The molecule has 0 aromatic carbocycles. The van der Waals surface area contributed by atoms with Crippen LogP contribution in [0.15, 0.2) is 35.8 Å². The van der Waals surface area contributed by atoms with Crippen LogP contribution in [0.2, 0.25) is 0 Å². The topological polar surface area (TPSA) is 67.2 Å².